The van der Waals surface area contributed by atoms with Crippen molar-refractivity contribution in [2.45, 2.75) is 368 Å². The fourth-order valence-electron chi connectivity index (χ4n) is 10.4. The van der Waals surface area contributed by atoms with Crippen LogP contribution >= 0.6 is 15.6 Å². The Morgan fingerprint density at radius 2 is 0.523 bits per heavy atom. The molecule has 0 spiro atoms. The van der Waals surface area contributed by atoms with E-state index in [4.69, 9.17) is 37.0 Å². The summed E-state index contributed by atoms with van der Waals surface area (Å²) in [5, 5.41) is 10.6. The molecule has 17 nitrogen and oxygen atoms in total. The monoisotopic (exact) mass is 1300 g/mol. The summed E-state index contributed by atoms with van der Waals surface area (Å²) in [5.74, 6) is -0.644. The molecule has 0 aliphatic heterocycles. The van der Waals surface area contributed by atoms with Gasteiger partial charge >= 0.3 is 39.5 Å². The first kappa shape index (κ1) is 86.1. The number of carbonyl (C=O) groups excluding carboxylic acids is 4. The van der Waals surface area contributed by atoms with Crippen LogP contribution in [0.1, 0.15) is 350 Å². The van der Waals surface area contributed by atoms with E-state index in [1.807, 2.05) is 0 Å². The van der Waals surface area contributed by atoms with Crippen LogP contribution in [0, 0.1) is 11.8 Å². The molecule has 0 saturated carbocycles. The quantitative estimate of drug-likeness (QED) is 0.0222. The van der Waals surface area contributed by atoms with Crippen molar-refractivity contribution >= 4 is 39.5 Å². The van der Waals surface area contributed by atoms with Crippen LogP contribution in [0.15, 0.2) is 0 Å². The minimum absolute atomic E-state index is 0.104. The fraction of sp³-hybridized carbons (Fsp3) is 0.942. The average molecular weight is 1300 g/mol. The Morgan fingerprint density at radius 1 is 0.307 bits per heavy atom. The van der Waals surface area contributed by atoms with E-state index >= 15 is 0 Å². The zero-order chi connectivity index (χ0) is 65.0. The highest BCUT2D eigenvalue weighted by atomic mass is 31.2. The molecule has 0 heterocycles. The molecule has 0 saturated heterocycles. The van der Waals surface area contributed by atoms with Crippen molar-refractivity contribution in [3.05, 3.63) is 0 Å². The predicted octanol–water partition coefficient (Wildman–Crippen LogP) is 19.6. The third kappa shape index (κ3) is 62.8. The number of unbranched alkanes of at least 4 members (excludes halogenated alkanes) is 38. The van der Waals surface area contributed by atoms with Gasteiger partial charge in [-0.05, 0) is 37.5 Å². The van der Waals surface area contributed by atoms with Gasteiger partial charge in [0.25, 0.3) is 0 Å². The standard InChI is InChI=1S/C69H134O17P2/c1-7-9-11-13-15-17-19-24-28-34-40-46-52-67(72)80-57-64(85-68(73)53-47-41-35-29-25-22-20-21-23-26-31-37-43-49-61(3)4)59-83-87(75,76)81-55-63(70)56-82-88(77,78)84-60-65(86-69(74)54-48-42-36-30-32-38-44-50-62(5)6)58-79-66(71)51-45-39-33-27-18-16-14-12-10-8-2/h61-65,70H,7-60H2,1-6H3,(H,75,76)(H,77,78)/t63-,64-,65-/m1/s1. The van der Waals surface area contributed by atoms with Gasteiger partial charge in [0, 0.05) is 25.7 Å². The third-order valence-corrected chi connectivity index (χ3v) is 17.9. The molecule has 0 rings (SSSR count). The summed E-state index contributed by atoms with van der Waals surface area (Å²) in [6.07, 6.45) is 45.8. The Kier molecular flexibility index (Phi) is 59.9. The zero-order valence-electron chi connectivity index (χ0n) is 57.0. The molecule has 0 fully saturated rings. The maximum atomic E-state index is 13.0. The Labute approximate surface area is 537 Å². The van der Waals surface area contributed by atoms with Gasteiger partial charge in [-0.1, -0.05) is 298 Å². The maximum absolute atomic E-state index is 13.0. The Bertz CT molecular complexity index is 1720. The van der Waals surface area contributed by atoms with Crippen LogP contribution in [0.3, 0.4) is 0 Å². The van der Waals surface area contributed by atoms with E-state index in [1.165, 1.54) is 167 Å². The molecule has 0 aliphatic rings. The van der Waals surface area contributed by atoms with E-state index in [1.54, 1.807) is 0 Å². The van der Waals surface area contributed by atoms with Crippen molar-refractivity contribution in [3.63, 3.8) is 0 Å². The number of esters is 4. The van der Waals surface area contributed by atoms with Crippen LogP contribution in [0.5, 0.6) is 0 Å². The van der Waals surface area contributed by atoms with Crippen LogP contribution in [-0.2, 0) is 65.4 Å². The lowest BCUT2D eigenvalue weighted by Gasteiger charge is -2.21. The summed E-state index contributed by atoms with van der Waals surface area (Å²) < 4.78 is 68.2. The normalized spacial score (nSPS) is 14.2. The fourth-order valence-corrected chi connectivity index (χ4v) is 12.0. The number of ether oxygens (including phenoxy) is 4. The molecule has 522 valence electrons. The lowest BCUT2D eigenvalue weighted by molar-refractivity contribution is -0.161. The maximum Gasteiger partial charge on any atom is 0.472 e. The number of hydrogen-bond acceptors (Lipinski definition) is 15. The summed E-state index contributed by atoms with van der Waals surface area (Å²) in [4.78, 5) is 72.4. The number of rotatable bonds is 68. The van der Waals surface area contributed by atoms with Gasteiger partial charge in [-0.2, -0.15) is 0 Å². The van der Waals surface area contributed by atoms with E-state index in [0.717, 1.165) is 95.8 Å². The van der Waals surface area contributed by atoms with Crippen molar-refractivity contribution in [2.24, 2.45) is 11.8 Å². The van der Waals surface area contributed by atoms with Gasteiger partial charge in [0.15, 0.2) is 12.2 Å². The second-order valence-corrected chi connectivity index (χ2v) is 28.8. The molecule has 0 aliphatic carbocycles. The number of carbonyl (C=O) groups is 4. The SMILES string of the molecule is CCCCCCCCCCCCCCC(=O)OC[C@H](COP(=O)(O)OC[C@@H](O)COP(=O)(O)OC[C@@H](COC(=O)CCCCCCCCCCCC)OC(=O)CCCCCCCCCC(C)C)OC(=O)CCCCCCCCCCCCCCCC(C)C. The number of hydrogen-bond donors (Lipinski definition) is 3. The molecular weight excluding hydrogens is 1160 g/mol. The molecule has 0 aromatic rings. The molecular formula is C69H134O17P2. The molecule has 19 heteroatoms. The van der Waals surface area contributed by atoms with Gasteiger partial charge in [-0.15, -0.1) is 0 Å². The largest absolute Gasteiger partial charge is 0.472 e. The van der Waals surface area contributed by atoms with Gasteiger partial charge in [0.1, 0.15) is 19.3 Å². The van der Waals surface area contributed by atoms with Crippen molar-refractivity contribution in [2.75, 3.05) is 39.6 Å². The van der Waals surface area contributed by atoms with E-state index in [9.17, 15) is 43.2 Å². The topological polar surface area (TPSA) is 237 Å². The first-order valence-electron chi connectivity index (χ1n) is 36.0. The van der Waals surface area contributed by atoms with Crippen molar-refractivity contribution < 1.29 is 80.2 Å². The third-order valence-electron chi connectivity index (χ3n) is 16.0. The lowest BCUT2D eigenvalue weighted by atomic mass is 10.0. The minimum Gasteiger partial charge on any atom is -0.462 e. The molecule has 0 aromatic heterocycles. The van der Waals surface area contributed by atoms with E-state index < -0.39 is 97.5 Å². The molecule has 3 N–H and O–H groups in total. The van der Waals surface area contributed by atoms with Crippen LogP contribution < -0.4 is 0 Å². The predicted molar refractivity (Wildman–Crippen MR) is 354 cm³/mol. The molecule has 0 amide bonds. The highest BCUT2D eigenvalue weighted by Gasteiger charge is 2.30. The van der Waals surface area contributed by atoms with Gasteiger partial charge in [-0.25, -0.2) is 9.13 Å². The van der Waals surface area contributed by atoms with Crippen molar-refractivity contribution in [1.82, 2.24) is 0 Å². The van der Waals surface area contributed by atoms with E-state index in [-0.39, 0.29) is 25.7 Å². The number of aliphatic hydroxyl groups excluding tert-OH is 1. The summed E-state index contributed by atoms with van der Waals surface area (Å²) in [5.41, 5.74) is 0. The Balaban J connectivity index is 5.23. The molecule has 0 bridgehead atoms. The van der Waals surface area contributed by atoms with Crippen molar-refractivity contribution in [1.29, 1.82) is 0 Å². The van der Waals surface area contributed by atoms with E-state index in [0.29, 0.717) is 31.6 Å². The van der Waals surface area contributed by atoms with Crippen LogP contribution in [0.25, 0.3) is 0 Å². The summed E-state index contributed by atoms with van der Waals surface area (Å²) in [7, 11) is -9.90. The number of phosphoric ester groups is 2. The summed E-state index contributed by atoms with van der Waals surface area (Å²) >= 11 is 0. The van der Waals surface area contributed by atoms with E-state index in [2.05, 4.69) is 41.5 Å². The Morgan fingerprint density at radius 3 is 0.773 bits per heavy atom. The number of aliphatic hydroxyl groups is 1. The Hall–Kier alpha value is -1.94. The summed E-state index contributed by atoms with van der Waals surface area (Å²) in [6.45, 7) is 9.49. The average Bonchev–Trinajstić information content (AvgIpc) is 3.56. The summed E-state index contributed by atoms with van der Waals surface area (Å²) in [6, 6.07) is 0. The molecule has 0 aromatic carbocycles. The van der Waals surface area contributed by atoms with Crippen LogP contribution in [0.4, 0.5) is 0 Å². The molecule has 5 atom stereocenters. The van der Waals surface area contributed by atoms with Crippen LogP contribution in [-0.4, -0.2) is 96.7 Å². The zero-order valence-corrected chi connectivity index (χ0v) is 58.8. The van der Waals surface area contributed by atoms with Crippen LogP contribution in [0.2, 0.25) is 0 Å². The smallest absolute Gasteiger partial charge is 0.462 e. The first-order valence-corrected chi connectivity index (χ1v) is 39.0. The second kappa shape index (κ2) is 61.3. The minimum atomic E-state index is -4.95. The highest BCUT2D eigenvalue weighted by molar-refractivity contribution is 7.47. The molecule has 2 unspecified atom stereocenters. The molecule has 88 heavy (non-hydrogen) atoms. The van der Waals surface area contributed by atoms with Gasteiger partial charge in [0.05, 0.1) is 26.4 Å². The van der Waals surface area contributed by atoms with Gasteiger partial charge in [-0.3, -0.25) is 37.3 Å². The van der Waals surface area contributed by atoms with Crippen molar-refractivity contribution in [3.8, 4) is 0 Å². The second-order valence-electron chi connectivity index (χ2n) is 25.9. The van der Waals surface area contributed by atoms with Gasteiger partial charge in [0.2, 0.25) is 0 Å². The molecule has 0 radical (unpaired) electrons. The van der Waals surface area contributed by atoms with Gasteiger partial charge < -0.3 is 33.8 Å². The number of phosphoric acid groups is 2. The first-order chi connectivity index (χ1) is 42.4. The lowest BCUT2D eigenvalue weighted by Crippen LogP contribution is -2.30. The highest BCUT2D eigenvalue weighted by Crippen LogP contribution is 2.45.